The van der Waals surface area contributed by atoms with Crippen molar-refractivity contribution >= 4 is 33.6 Å². The number of methoxy groups -OCH3 is 2. The predicted molar refractivity (Wildman–Crippen MR) is 104 cm³/mol. The zero-order valence-electron chi connectivity index (χ0n) is 15.3. The van der Waals surface area contributed by atoms with Crippen molar-refractivity contribution < 1.29 is 19.1 Å². The Kier molecular flexibility index (Phi) is 6.26. The lowest BCUT2D eigenvalue weighted by molar-refractivity contribution is 0.0961. The van der Waals surface area contributed by atoms with Crippen molar-refractivity contribution in [2.24, 2.45) is 0 Å². The number of benzene rings is 2. The second-order valence-electron chi connectivity index (χ2n) is 5.84. The fourth-order valence-electron chi connectivity index (χ4n) is 2.81. The van der Waals surface area contributed by atoms with Crippen LogP contribution in [0.4, 0.5) is 10.5 Å². The lowest BCUT2D eigenvalue weighted by atomic mass is 10.1. The largest absolute Gasteiger partial charge is 0.496 e. The van der Waals surface area contributed by atoms with Crippen LogP contribution in [0, 0.1) is 20.8 Å². The van der Waals surface area contributed by atoms with E-state index in [1.165, 1.54) is 14.2 Å². The number of carbonyl (C=O) groups excluding carboxylic acids is 2. The highest BCUT2D eigenvalue weighted by molar-refractivity contribution is 9.10. The highest BCUT2D eigenvalue weighted by Gasteiger charge is 2.23. The van der Waals surface area contributed by atoms with Gasteiger partial charge in [0.15, 0.2) is 0 Å². The molecule has 3 amide bonds. The number of imide groups is 1. The fraction of sp³-hybridized carbons (Fsp3) is 0.263. The maximum Gasteiger partial charge on any atom is 0.326 e. The number of hydrogen-bond donors (Lipinski definition) is 2. The van der Waals surface area contributed by atoms with Gasteiger partial charge in [-0.2, -0.15) is 0 Å². The second kappa shape index (κ2) is 8.23. The summed E-state index contributed by atoms with van der Waals surface area (Å²) in [6, 6.07) is 6.62. The smallest absolute Gasteiger partial charge is 0.326 e. The maximum absolute atomic E-state index is 12.6. The standard InChI is InChI=1S/C19H21BrN2O4/c1-10-8-11(2)16(12(3)9-10)21-19(24)22-18(23)15-14(25-4)7-6-13(20)17(15)26-5/h6-9H,1-5H3,(H2,21,22,23,24). The Labute approximate surface area is 161 Å². The molecule has 0 aliphatic rings. The first-order chi connectivity index (χ1) is 12.3. The summed E-state index contributed by atoms with van der Waals surface area (Å²) in [5.41, 5.74) is 3.75. The van der Waals surface area contributed by atoms with Crippen molar-refractivity contribution in [3.63, 3.8) is 0 Å². The van der Waals surface area contributed by atoms with E-state index in [1.807, 2.05) is 32.9 Å². The Hall–Kier alpha value is -2.54. The maximum atomic E-state index is 12.6. The highest BCUT2D eigenvalue weighted by Crippen LogP contribution is 2.35. The van der Waals surface area contributed by atoms with Crippen LogP contribution in [0.5, 0.6) is 11.5 Å². The fourth-order valence-corrected chi connectivity index (χ4v) is 3.30. The van der Waals surface area contributed by atoms with E-state index in [0.29, 0.717) is 15.9 Å². The molecule has 0 radical (unpaired) electrons. The molecule has 0 aliphatic heterocycles. The number of carbonyl (C=O) groups is 2. The normalized spacial score (nSPS) is 10.2. The van der Waals surface area contributed by atoms with Crippen LogP contribution in [0.1, 0.15) is 27.0 Å². The zero-order valence-corrected chi connectivity index (χ0v) is 16.9. The van der Waals surface area contributed by atoms with Gasteiger partial charge in [0, 0.05) is 5.69 Å². The van der Waals surface area contributed by atoms with Crippen molar-refractivity contribution in [2.45, 2.75) is 20.8 Å². The molecule has 0 heterocycles. The van der Waals surface area contributed by atoms with E-state index >= 15 is 0 Å². The molecule has 2 aromatic rings. The summed E-state index contributed by atoms with van der Waals surface area (Å²) in [4.78, 5) is 25.0. The van der Waals surface area contributed by atoms with Crippen LogP contribution in [-0.4, -0.2) is 26.2 Å². The van der Waals surface area contributed by atoms with Gasteiger partial charge in [-0.05, 0) is 60.0 Å². The zero-order chi connectivity index (χ0) is 19.4. The van der Waals surface area contributed by atoms with Crippen LogP contribution in [0.15, 0.2) is 28.7 Å². The van der Waals surface area contributed by atoms with Gasteiger partial charge in [-0.15, -0.1) is 0 Å². The van der Waals surface area contributed by atoms with Crippen molar-refractivity contribution in [3.8, 4) is 11.5 Å². The Morgan fingerprint density at radius 3 is 2.15 bits per heavy atom. The summed E-state index contributed by atoms with van der Waals surface area (Å²) < 4.78 is 11.1. The minimum atomic E-state index is -0.630. The number of nitrogens with one attached hydrogen (secondary N) is 2. The van der Waals surface area contributed by atoms with Gasteiger partial charge < -0.3 is 14.8 Å². The molecular formula is C19H21BrN2O4. The van der Waals surface area contributed by atoms with E-state index in [-0.39, 0.29) is 11.3 Å². The van der Waals surface area contributed by atoms with Gasteiger partial charge in [0.05, 0.1) is 18.7 Å². The Bertz CT molecular complexity index is 842. The SMILES string of the molecule is COc1ccc(Br)c(OC)c1C(=O)NC(=O)Nc1c(C)cc(C)cc1C. The minimum Gasteiger partial charge on any atom is -0.496 e. The highest BCUT2D eigenvalue weighted by atomic mass is 79.9. The van der Waals surface area contributed by atoms with Gasteiger partial charge in [0.25, 0.3) is 5.91 Å². The average Bonchev–Trinajstić information content (AvgIpc) is 2.57. The van der Waals surface area contributed by atoms with Crippen molar-refractivity contribution in [1.82, 2.24) is 5.32 Å². The van der Waals surface area contributed by atoms with Crippen LogP contribution in [0.3, 0.4) is 0 Å². The summed E-state index contributed by atoms with van der Waals surface area (Å²) in [6.45, 7) is 5.79. The number of ether oxygens (including phenoxy) is 2. The van der Waals surface area contributed by atoms with Crippen LogP contribution < -0.4 is 20.1 Å². The third-order valence-corrected chi connectivity index (χ3v) is 4.49. The second-order valence-corrected chi connectivity index (χ2v) is 6.69. The molecule has 0 aromatic heterocycles. The van der Waals surface area contributed by atoms with Crippen LogP contribution >= 0.6 is 15.9 Å². The number of hydrogen-bond acceptors (Lipinski definition) is 4. The topological polar surface area (TPSA) is 76.7 Å². The molecule has 0 bridgehead atoms. The summed E-state index contributed by atoms with van der Waals surface area (Å²) in [6.07, 6.45) is 0. The van der Waals surface area contributed by atoms with E-state index in [1.54, 1.807) is 12.1 Å². The molecule has 0 saturated carbocycles. The molecule has 0 saturated heterocycles. The van der Waals surface area contributed by atoms with E-state index < -0.39 is 11.9 Å². The number of amides is 3. The molecule has 6 nitrogen and oxygen atoms in total. The molecule has 2 aromatic carbocycles. The minimum absolute atomic E-state index is 0.136. The molecule has 0 atom stereocenters. The van der Waals surface area contributed by atoms with Crippen LogP contribution in [0.25, 0.3) is 0 Å². The molecule has 0 aliphatic carbocycles. The van der Waals surface area contributed by atoms with Crippen LogP contribution in [0.2, 0.25) is 0 Å². The lowest BCUT2D eigenvalue weighted by Crippen LogP contribution is -2.35. The van der Waals surface area contributed by atoms with Gasteiger partial charge in [0.1, 0.15) is 17.1 Å². The Balaban J connectivity index is 2.26. The number of aryl methyl sites for hydroxylation is 3. The summed E-state index contributed by atoms with van der Waals surface area (Å²) in [5, 5.41) is 5.05. The third-order valence-electron chi connectivity index (χ3n) is 3.87. The molecule has 0 fully saturated rings. The first kappa shape index (κ1) is 19.8. The molecule has 7 heteroatoms. The van der Waals surface area contributed by atoms with E-state index in [2.05, 4.69) is 26.6 Å². The van der Waals surface area contributed by atoms with E-state index in [9.17, 15) is 9.59 Å². The van der Waals surface area contributed by atoms with Gasteiger partial charge in [-0.3, -0.25) is 10.1 Å². The molecule has 26 heavy (non-hydrogen) atoms. The predicted octanol–water partition coefficient (Wildman–Crippen LogP) is 4.35. The number of rotatable bonds is 4. The summed E-state index contributed by atoms with van der Waals surface area (Å²) >= 11 is 3.32. The van der Waals surface area contributed by atoms with Gasteiger partial charge >= 0.3 is 6.03 Å². The van der Waals surface area contributed by atoms with Crippen LogP contribution in [-0.2, 0) is 0 Å². The summed E-state index contributed by atoms with van der Waals surface area (Å²) in [7, 11) is 2.88. The Morgan fingerprint density at radius 1 is 1.00 bits per heavy atom. The number of urea groups is 1. The van der Waals surface area contributed by atoms with E-state index in [0.717, 1.165) is 16.7 Å². The number of halogens is 1. The summed E-state index contributed by atoms with van der Waals surface area (Å²) in [5.74, 6) is -0.0321. The quantitative estimate of drug-likeness (QED) is 0.770. The van der Waals surface area contributed by atoms with Crippen molar-refractivity contribution in [3.05, 3.63) is 51.0 Å². The third kappa shape index (κ3) is 4.16. The number of anilines is 1. The molecule has 2 rings (SSSR count). The Morgan fingerprint density at radius 2 is 1.62 bits per heavy atom. The van der Waals surface area contributed by atoms with E-state index in [4.69, 9.17) is 9.47 Å². The average molecular weight is 421 g/mol. The van der Waals surface area contributed by atoms with Crippen molar-refractivity contribution in [1.29, 1.82) is 0 Å². The molecule has 0 spiro atoms. The first-order valence-corrected chi connectivity index (χ1v) is 8.68. The molecule has 2 N–H and O–H groups in total. The molecular weight excluding hydrogens is 400 g/mol. The van der Waals surface area contributed by atoms with Gasteiger partial charge in [-0.1, -0.05) is 17.7 Å². The van der Waals surface area contributed by atoms with Gasteiger partial charge in [0.2, 0.25) is 0 Å². The first-order valence-electron chi connectivity index (χ1n) is 7.89. The lowest BCUT2D eigenvalue weighted by Gasteiger charge is -2.16. The van der Waals surface area contributed by atoms with Crippen molar-refractivity contribution in [2.75, 3.05) is 19.5 Å². The van der Waals surface area contributed by atoms with Gasteiger partial charge in [-0.25, -0.2) is 4.79 Å². The monoisotopic (exact) mass is 420 g/mol. The molecule has 0 unspecified atom stereocenters. The molecule has 138 valence electrons.